The van der Waals surface area contributed by atoms with Crippen LogP contribution in [0, 0.1) is 5.92 Å². The highest BCUT2D eigenvalue weighted by molar-refractivity contribution is 5.84. The Hall–Kier alpha value is -2.63. The molecule has 3 rings (SSSR count). The van der Waals surface area contributed by atoms with Gasteiger partial charge in [0.05, 0.1) is 18.0 Å². The van der Waals surface area contributed by atoms with Crippen LogP contribution in [0.4, 0.5) is 4.79 Å². The molecule has 0 aliphatic carbocycles. The third-order valence-corrected chi connectivity index (χ3v) is 4.94. The number of hydrogen-bond acceptors (Lipinski definition) is 5. The second-order valence-corrected chi connectivity index (χ2v) is 8.10. The van der Waals surface area contributed by atoms with Crippen LogP contribution in [0.3, 0.4) is 0 Å². The predicted molar refractivity (Wildman–Crippen MR) is 107 cm³/mol. The molecule has 1 aromatic carbocycles. The van der Waals surface area contributed by atoms with Crippen LogP contribution in [-0.4, -0.2) is 47.2 Å². The summed E-state index contributed by atoms with van der Waals surface area (Å²) in [6, 6.07) is 9.90. The van der Waals surface area contributed by atoms with Crippen LogP contribution in [0.1, 0.15) is 45.6 Å². The van der Waals surface area contributed by atoms with E-state index >= 15 is 0 Å². The lowest BCUT2D eigenvalue weighted by molar-refractivity contribution is -0.150. The van der Waals surface area contributed by atoms with E-state index in [4.69, 9.17) is 9.47 Å². The van der Waals surface area contributed by atoms with E-state index < -0.39 is 11.5 Å². The van der Waals surface area contributed by atoms with Crippen molar-refractivity contribution in [3.63, 3.8) is 0 Å². The van der Waals surface area contributed by atoms with Gasteiger partial charge >= 0.3 is 12.1 Å². The molecule has 1 aliphatic heterocycles. The van der Waals surface area contributed by atoms with Gasteiger partial charge in [0.25, 0.3) is 0 Å². The van der Waals surface area contributed by atoms with Crippen molar-refractivity contribution in [2.45, 2.75) is 45.6 Å². The second-order valence-electron chi connectivity index (χ2n) is 8.10. The summed E-state index contributed by atoms with van der Waals surface area (Å²) in [6.45, 7) is 8.44. The van der Waals surface area contributed by atoms with E-state index in [1.807, 2.05) is 51.1 Å². The van der Waals surface area contributed by atoms with Crippen LogP contribution in [0.15, 0.2) is 36.5 Å². The molecule has 2 heterocycles. The third-order valence-electron chi connectivity index (χ3n) is 4.94. The van der Waals surface area contributed by atoms with Crippen LogP contribution >= 0.6 is 0 Å². The van der Waals surface area contributed by atoms with Gasteiger partial charge in [0.2, 0.25) is 0 Å². The molecule has 0 bridgehead atoms. The van der Waals surface area contributed by atoms with Gasteiger partial charge in [-0.2, -0.15) is 0 Å². The minimum Gasteiger partial charge on any atom is -0.466 e. The molecule has 0 N–H and O–H groups in total. The molecule has 1 aliphatic rings. The number of pyridine rings is 1. The molecule has 1 fully saturated rings. The highest BCUT2D eigenvalue weighted by Gasteiger charge is 2.39. The maximum Gasteiger partial charge on any atom is 0.410 e. The van der Waals surface area contributed by atoms with E-state index in [-0.39, 0.29) is 24.5 Å². The van der Waals surface area contributed by atoms with Crippen molar-refractivity contribution in [2.24, 2.45) is 5.92 Å². The van der Waals surface area contributed by atoms with E-state index in [9.17, 15) is 9.59 Å². The summed E-state index contributed by atoms with van der Waals surface area (Å²) in [4.78, 5) is 31.3. The maximum atomic E-state index is 12.8. The van der Waals surface area contributed by atoms with Gasteiger partial charge in [-0.1, -0.05) is 18.2 Å². The van der Waals surface area contributed by atoms with E-state index in [2.05, 4.69) is 4.98 Å². The van der Waals surface area contributed by atoms with Crippen molar-refractivity contribution >= 4 is 23.0 Å². The summed E-state index contributed by atoms with van der Waals surface area (Å²) in [5.74, 6) is -0.751. The summed E-state index contributed by atoms with van der Waals surface area (Å²) in [5.41, 5.74) is 1.40. The molecule has 150 valence electrons. The molecule has 0 radical (unpaired) electrons. The van der Waals surface area contributed by atoms with E-state index in [1.54, 1.807) is 18.0 Å². The van der Waals surface area contributed by atoms with Crippen LogP contribution in [0.5, 0.6) is 0 Å². The fourth-order valence-corrected chi connectivity index (χ4v) is 3.75. The molecule has 2 aromatic rings. The number of piperidine rings is 1. The smallest absolute Gasteiger partial charge is 0.410 e. The maximum absolute atomic E-state index is 12.8. The first-order valence-corrected chi connectivity index (χ1v) is 9.78. The molecule has 0 unspecified atom stereocenters. The molecule has 6 heteroatoms. The number of esters is 1. The molecule has 0 saturated carbocycles. The van der Waals surface area contributed by atoms with Crippen LogP contribution in [-0.2, 0) is 14.3 Å². The highest BCUT2D eigenvalue weighted by atomic mass is 16.6. The largest absolute Gasteiger partial charge is 0.466 e. The molecule has 1 amide bonds. The third kappa shape index (κ3) is 4.43. The Balaban J connectivity index is 1.91. The first-order valence-electron chi connectivity index (χ1n) is 9.78. The summed E-state index contributed by atoms with van der Waals surface area (Å²) in [7, 11) is 0. The Kier molecular flexibility index (Phi) is 5.87. The second kappa shape index (κ2) is 8.17. The van der Waals surface area contributed by atoms with E-state index in [0.29, 0.717) is 19.6 Å². The number of aromatic nitrogens is 1. The SMILES string of the molecule is CCOC(=O)[C@H]1CN(C(=O)OC(C)(C)C)CC[C@@H]1c1ccnc2ccccc12. The lowest BCUT2D eigenvalue weighted by Gasteiger charge is -2.38. The van der Waals surface area contributed by atoms with Gasteiger partial charge < -0.3 is 14.4 Å². The zero-order valence-corrected chi connectivity index (χ0v) is 17.0. The number of amides is 1. The Morgan fingerprint density at radius 2 is 1.96 bits per heavy atom. The van der Waals surface area contributed by atoms with Crippen LogP contribution in [0.25, 0.3) is 10.9 Å². The average Bonchev–Trinajstić information content (AvgIpc) is 2.66. The number of fused-ring (bicyclic) bond motifs is 1. The monoisotopic (exact) mass is 384 g/mol. The van der Waals surface area contributed by atoms with Crippen molar-refractivity contribution < 1.29 is 19.1 Å². The number of nitrogens with zero attached hydrogens (tertiary/aromatic N) is 2. The van der Waals surface area contributed by atoms with Crippen LogP contribution in [0.2, 0.25) is 0 Å². The Morgan fingerprint density at radius 3 is 2.68 bits per heavy atom. The van der Waals surface area contributed by atoms with E-state index in [0.717, 1.165) is 16.5 Å². The fourth-order valence-electron chi connectivity index (χ4n) is 3.75. The van der Waals surface area contributed by atoms with Gasteiger partial charge in [-0.3, -0.25) is 9.78 Å². The molecular weight excluding hydrogens is 356 g/mol. The van der Waals surface area contributed by atoms with Crippen molar-refractivity contribution in [3.05, 3.63) is 42.1 Å². The predicted octanol–water partition coefficient (Wildman–Crippen LogP) is 4.14. The zero-order chi connectivity index (χ0) is 20.3. The van der Waals surface area contributed by atoms with Crippen molar-refractivity contribution in [3.8, 4) is 0 Å². The number of ether oxygens (including phenoxy) is 2. The Morgan fingerprint density at radius 1 is 1.21 bits per heavy atom. The summed E-state index contributed by atoms with van der Waals surface area (Å²) in [5, 5.41) is 1.04. The van der Waals surface area contributed by atoms with Crippen molar-refractivity contribution in [1.29, 1.82) is 0 Å². The van der Waals surface area contributed by atoms with Gasteiger partial charge in [0, 0.05) is 30.6 Å². The van der Waals surface area contributed by atoms with Gasteiger partial charge in [0.1, 0.15) is 5.60 Å². The molecule has 6 nitrogen and oxygen atoms in total. The average molecular weight is 384 g/mol. The summed E-state index contributed by atoms with van der Waals surface area (Å²) >= 11 is 0. The van der Waals surface area contributed by atoms with E-state index in [1.165, 1.54) is 0 Å². The first kappa shape index (κ1) is 20.1. The number of rotatable bonds is 3. The molecule has 0 spiro atoms. The summed E-state index contributed by atoms with van der Waals surface area (Å²) in [6.07, 6.45) is 2.05. The molecular formula is C22H28N2O4. The number of carbonyl (C=O) groups excluding carboxylic acids is 2. The Bertz CT molecular complexity index is 854. The van der Waals surface area contributed by atoms with Gasteiger partial charge in [0.15, 0.2) is 0 Å². The van der Waals surface area contributed by atoms with Crippen LogP contribution < -0.4 is 0 Å². The number of carbonyl (C=O) groups is 2. The zero-order valence-electron chi connectivity index (χ0n) is 17.0. The fraction of sp³-hybridized carbons (Fsp3) is 0.500. The first-order chi connectivity index (χ1) is 13.3. The lowest BCUT2D eigenvalue weighted by atomic mass is 9.79. The number of likely N-dealkylation sites (tertiary alicyclic amines) is 1. The van der Waals surface area contributed by atoms with Gasteiger partial charge in [-0.05, 0) is 51.8 Å². The topological polar surface area (TPSA) is 68.7 Å². The minimum absolute atomic E-state index is 0.0364. The minimum atomic E-state index is -0.575. The highest BCUT2D eigenvalue weighted by Crippen LogP contribution is 2.37. The standard InChI is InChI=1S/C22H28N2O4/c1-5-27-20(25)18-14-24(21(26)28-22(2,3)4)13-11-16(18)15-10-12-23-19-9-7-6-8-17(15)19/h6-10,12,16,18H,5,11,13-14H2,1-4H3/t16-,18+/m1/s1. The molecule has 28 heavy (non-hydrogen) atoms. The quantitative estimate of drug-likeness (QED) is 0.744. The van der Waals surface area contributed by atoms with Gasteiger partial charge in [-0.15, -0.1) is 0 Å². The number of benzene rings is 1. The summed E-state index contributed by atoms with van der Waals surface area (Å²) < 4.78 is 10.8. The number of hydrogen-bond donors (Lipinski definition) is 0. The Labute approximate surface area is 165 Å². The van der Waals surface area contributed by atoms with Gasteiger partial charge in [-0.25, -0.2) is 4.79 Å². The van der Waals surface area contributed by atoms with Crippen molar-refractivity contribution in [1.82, 2.24) is 9.88 Å². The molecule has 1 saturated heterocycles. The lowest BCUT2D eigenvalue weighted by Crippen LogP contribution is -2.47. The number of para-hydroxylation sites is 1. The molecule has 2 atom stereocenters. The molecule has 1 aromatic heterocycles. The van der Waals surface area contributed by atoms with Crippen molar-refractivity contribution in [2.75, 3.05) is 19.7 Å². The normalized spacial score (nSPS) is 20.1.